The third-order valence-corrected chi connectivity index (χ3v) is 6.95. The number of aromatic nitrogens is 1. The minimum absolute atomic E-state index is 0. The second-order valence-electron chi connectivity index (χ2n) is 6.82. The van der Waals surface area contributed by atoms with Gasteiger partial charge in [0.1, 0.15) is 5.82 Å². The highest BCUT2D eigenvalue weighted by molar-refractivity contribution is 14.0. The summed E-state index contributed by atoms with van der Waals surface area (Å²) in [6.45, 7) is 6.20. The minimum Gasteiger partial charge on any atom is -0.370 e. The standard InChI is InChI=1S/C17H29N5O2S.HI/c1-17(2)14-22(12-13-25(17,23)24)16(18-3)21-11-7-6-10-20-15-8-4-5-9-19-15;/h4-5,8-9H,6-7,10-14H2,1-3H3,(H,18,21)(H,19,20);1H. The van der Waals surface area contributed by atoms with E-state index in [0.717, 1.165) is 37.7 Å². The number of guanidine groups is 1. The number of sulfone groups is 1. The predicted octanol–water partition coefficient (Wildman–Crippen LogP) is 1.98. The van der Waals surface area contributed by atoms with E-state index < -0.39 is 14.6 Å². The van der Waals surface area contributed by atoms with Crippen LogP contribution in [0.2, 0.25) is 0 Å². The molecule has 7 nitrogen and oxygen atoms in total. The van der Waals surface area contributed by atoms with Crippen LogP contribution in [0.1, 0.15) is 26.7 Å². The van der Waals surface area contributed by atoms with E-state index in [2.05, 4.69) is 20.6 Å². The Balaban J connectivity index is 0.00000338. The second kappa shape index (κ2) is 10.3. The van der Waals surface area contributed by atoms with Crippen LogP contribution in [0.15, 0.2) is 29.4 Å². The van der Waals surface area contributed by atoms with E-state index in [4.69, 9.17) is 0 Å². The molecule has 0 bridgehead atoms. The van der Waals surface area contributed by atoms with E-state index in [9.17, 15) is 8.42 Å². The number of unbranched alkanes of at least 4 members (excludes halogenated alkanes) is 1. The SMILES string of the molecule is CN=C(NCCCCNc1ccccn1)N1CCS(=O)(=O)C(C)(C)C1.I. The van der Waals surface area contributed by atoms with E-state index in [1.54, 1.807) is 27.1 Å². The van der Waals surface area contributed by atoms with Crippen LogP contribution in [-0.2, 0) is 9.84 Å². The summed E-state index contributed by atoms with van der Waals surface area (Å²) in [7, 11) is -1.30. The van der Waals surface area contributed by atoms with Crippen LogP contribution in [0.25, 0.3) is 0 Å². The Labute approximate surface area is 174 Å². The Morgan fingerprint density at radius 2 is 2.04 bits per heavy atom. The summed E-state index contributed by atoms with van der Waals surface area (Å²) in [5.74, 6) is 1.85. The van der Waals surface area contributed by atoms with Crippen LogP contribution in [0, 0.1) is 0 Å². The van der Waals surface area contributed by atoms with E-state index in [1.807, 2.05) is 23.1 Å². The largest absolute Gasteiger partial charge is 0.370 e. The number of nitrogens with zero attached hydrogens (tertiary/aromatic N) is 3. The number of halogens is 1. The molecule has 2 rings (SSSR count). The van der Waals surface area contributed by atoms with Crippen LogP contribution in [0.3, 0.4) is 0 Å². The zero-order valence-electron chi connectivity index (χ0n) is 15.7. The maximum atomic E-state index is 12.1. The Morgan fingerprint density at radius 1 is 1.31 bits per heavy atom. The molecule has 9 heteroatoms. The normalized spacial score (nSPS) is 18.7. The van der Waals surface area contributed by atoms with Crippen molar-refractivity contribution < 1.29 is 8.42 Å². The lowest BCUT2D eigenvalue weighted by atomic mass is 10.2. The third kappa shape index (κ3) is 6.26. The summed E-state index contributed by atoms with van der Waals surface area (Å²) >= 11 is 0. The quantitative estimate of drug-likeness (QED) is 0.272. The van der Waals surface area contributed by atoms with E-state index in [1.165, 1.54) is 0 Å². The Kier molecular flexibility index (Phi) is 9.08. The van der Waals surface area contributed by atoms with Crippen molar-refractivity contribution in [3.05, 3.63) is 24.4 Å². The minimum atomic E-state index is -3.03. The molecular weight excluding hydrogens is 465 g/mol. The van der Waals surface area contributed by atoms with Crippen molar-refractivity contribution in [2.24, 2.45) is 4.99 Å². The zero-order valence-corrected chi connectivity index (χ0v) is 18.9. The maximum absolute atomic E-state index is 12.1. The second-order valence-corrected chi connectivity index (χ2v) is 9.57. The van der Waals surface area contributed by atoms with Crippen LogP contribution < -0.4 is 10.6 Å². The molecule has 26 heavy (non-hydrogen) atoms. The molecular formula is C17H30IN5O2S. The first-order chi connectivity index (χ1) is 11.9. The first kappa shape index (κ1) is 22.9. The molecule has 2 N–H and O–H groups in total. The zero-order chi connectivity index (χ0) is 18.3. The van der Waals surface area contributed by atoms with Gasteiger partial charge in [-0.3, -0.25) is 4.99 Å². The van der Waals surface area contributed by atoms with Gasteiger partial charge in [0.25, 0.3) is 0 Å². The van der Waals surface area contributed by atoms with Crippen molar-refractivity contribution in [2.75, 3.05) is 44.3 Å². The van der Waals surface area contributed by atoms with Gasteiger partial charge in [0.05, 0.1) is 10.5 Å². The number of aliphatic imine (C=N–C) groups is 1. The average molecular weight is 495 g/mol. The molecule has 1 fully saturated rings. The molecule has 0 radical (unpaired) electrons. The molecule has 0 aromatic carbocycles. The number of pyridine rings is 1. The monoisotopic (exact) mass is 495 g/mol. The van der Waals surface area contributed by atoms with Crippen LogP contribution in [0.4, 0.5) is 5.82 Å². The fourth-order valence-corrected chi connectivity index (χ4v) is 4.16. The van der Waals surface area contributed by atoms with Crippen molar-refractivity contribution in [3.8, 4) is 0 Å². The summed E-state index contributed by atoms with van der Waals surface area (Å²) in [6.07, 6.45) is 3.78. The fraction of sp³-hybridized carbons (Fsp3) is 0.647. The Bertz CT molecular complexity index is 680. The fourth-order valence-electron chi connectivity index (χ4n) is 2.79. The molecule has 0 atom stereocenters. The van der Waals surface area contributed by atoms with Gasteiger partial charge in [-0.15, -0.1) is 24.0 Å². The smallest absolute Gasteiger partial charge is 0.193 e. The van der Waals surface area contributed by atoms with Crippen LogP contribution in [0.5, 0.6) is 0 Å². The summed E-state index contributed by atoms with van der Waals surface area (Å²) in [6, 6.07) is 5.81. The molecule has 0 amide bonds. The molecule has 1 saturated heterocycles. The van der Waals surface area contributed by atoms with E-state index in [0.29, 0.717) is 13.1 Å². The van der Waals surface area contributed by atoms with Gasteiger partial charge in [-0.2, -0.15) is 0 Å². The number of anilines is 1. The highest BCUT2D eigenvalue weighted by Gasteiger charge is 2.40. The molecule has 1 aliphatic rings. The van der Waals surface area contributed by atoms with Crippen molar-refractivity contribution in [3.63, 3.8) is 0 Å². The molecule has 0 unspecified atom stereocenters. The molecule has 1 aromatic rings. The van der Waals surface area contributed by atoms with Gasteiger partial charge in [-0.1, -0.05) is 6.07 Å². The predicted molar refractivity (Wildman–Crippen MR) is 118 cm³/mol. The Morgan fingerprint density at radius 3 is 2.65 bits per heavy atom. The summed E-state index contributed by atoms with van der Waals surface area (Å²) in [5, 5.41) is 6.62. The lowest BCUT2D eigenvalue weighted by molar-refractivity contribution is 0.353. The average Bonchev–Trinajstić information content (AvgIpc) is 2.58. The number of rotatable bonds is 6. The highest BCUT2D eigenvalue weighted by Crippen LogP contribution is 2.23. The molecule has 0 spiro atoms. The first-order valence-corrected chi connectivity index (χ1v) is 10.3. The Hall–Kier alpha value is -1.10. The summed E-state index contributed by atoms with van der Waals surface area (Å²) in [4.78, 5) is 10.6. The van der Waals surface area contributed by atoms with Crippen molar-refractivity contribution in [2.45, 2.75) is 31.4 Å². The van der Waals surface area contributed by atoms with Gasteiger partial charge in [0, 0.05) is 39.4 Å². The maximum Gasteiger partial charge on any atom is 0.193 e. The molecule has 0 saturated carbocycles. The highest BCUT2D eigenvalue weighted by atomic mass is 127. The van der Waals surface area contributed by atoms with Crippen LogP contribution >= 0.6 is 24.0 Å². The number of hydrogen-bond donors (Lipinski definition) is 2. The van der Waals surface area contributed by atoms with Gasteiger partial charge in [-0.25, -0.2) is 13.4 Å². The molecule has 1 aromatic heterocycles. The lowest BCUT2D eigenvalue weighted by Gasteiger charge is -2.39. The summed E-state index contributed by atoms with van der Waals surface area (Å²) < 4.78 is 23.5. The van der Waals surface area contributed by atoms with E-state index in [-0.39, 0.29) is 29.7 Å². The number of hydrogen-bond acceptors (Lipinski definition) is 5. The van der Waals surface area contributed by atoms with Gasteiger partial charge in [0.2, 0.25) is 0 Å². The lowest BCUT2D eigenvalue weighted by Crippen LogP contribution is -2.57. The first-order valence-electron chi connectivity index (χ1n) is 8.68. The van der Waals surface area contributed by atoms with Gasteiger partial charge >= 0.3 is 0 Å². The van der Waals surface area contributed by atoms with Gasteiger partial charge < -0.3 is 15.5 Å². The topological polar surface area (TPSA) is 86.7 Å². The molecule has 1 aliphatic heterocycles. The van der Waals surface area contributed by atoms with Crippen molar-refractivity contribution >= 4 is 45.6 Å². The molecule has 0 aliphatic carbocycles. The summed E-state index contributed by atoms with van der Waals surface area (Å²) in [5.41, 5.74) is 0. The third-order valence-electron chi connectivity index (χ3n) is 4.41. The van der Waals surface area contributed by atoms with Gasteiger partial charge in [0.15, 0.2) is 15.8 Å². The number of nitrogens with one attached hydrogen (secondary N) is 2. The van der Waals surface area contributed by atoms with Crippen molar-refractivity contribution in [1.82, 2.24) is 15.2 Å². The molecule has 148 valence electrons. The molecule has 2 heterocycles. The van der Waals surface area contributed by atoms with Crippen molar-refractivity contribution in [1.29, 1.82) is 0 Å². The van der Waals surface area contributed by atoms with Gasteiger partial charge in [-0.05, 0) is 38.8 Å². The van der Waals surface area contributed by atoms with E-state index >= 15 is 0 Å². The van der Waals surface area contributed by atoms with Crippen LogP contribution in [-0.4, -0.2) is 68.0 Å².